The van der Waals surface area contributed by atoms with Gasteiger partial charge < -0.3 is 10.4 Å². The zero-order valence-corrected chi connectivity index (χ0v) is 19.7. The molecule has 0 atom stereocenters. The Labute approximate surface area is 188 Å². The van der Waals surface area contributed by atoms with E-state index in [0.717, 1.165) is 22.9 Å². The van der Waals surface area contributed by atoms with E-state index < -0.39 is 5.97 Å². The third-order valence-electron chi connectivity index (χ3n) is 6.62. The fraction of sp³-hybridized carbons (Fsp3) is 0.385. The summed E-state index contributed by atoms with van der Waals surface area (Å²) in [5.41, 5.74) is 7.95. The maximum Gasteiger partial charge on any atom is 0.335 e. The molecule has 0 spiro atoms. The Balaban J connectivity index is 1.69. The monoisotopic (exact) mass is 434 g/mol. The van der Waals surface area contributed by atoms with Crippen LogP contribution in [0, 0.1) is 0 Å². The molecule has 0 saturated carbocycles. The van der Waals surface area contributed by atoms with Gasteiger partial charge in [0, 0.05) is 16.6 Å². The Morgan fingerprint density at radius 3 is 2.26 bits per heavy atom. The van der Waals surface area contributed by atoms with Crippen molar-refractivity contribution in [1.29, 1.82) is 0 Å². The van der Waals surface area contributed by atoms with Crippen LogP contribution in [0.2, 0.25) is 0 Å². The van der Waals surface area contributed by atoms with Crippen LogP contribution in [0.25, 0.3) is 11.3 Å². The van der Waals surface area contributed by atoms with E-state index in [9.17, 15) is 4.79 Å². The molecular weight excluding hydrogens is 404 g/mol. The van der Waals surface area contributed by atoms with Crippen molar-refractivity contribution >= 4 is 28.1 Å². The number of carboxylic acids is 1. The average Bonchev–Trinajstić information content (AvgIpc) is 3.19. The normalized spacial score (nSPS) is 16.5. The lowest BCUT2D eigenvalue weighted by molar-refractivity contribution is 0.0697. The molecule has 0 fully saturated rings. The molecule has 3 aromatic rings. The number of benzene rings is 2. The number of nitrogens with one attached hydrogen (secondary N) is 1. The maximum atomic E-state index is 11.0. The van der Waals surface area contributed by atoms with Crippen LogP contribution in [0.1, 0.15) is 74.5 Å². The molecule has 0 saturated heterocycles. The smallest absolute Gasteiger partial charge is 0.335 e. The number of nitrogens with zero attached hydrogens (tertiary/aromatic N) is 1. The summed E-state index contributed by atoms with van der Waals surface area (Å²) in [6.07, 6.45) is 3.37. The highest BCUT2D eigenvalue weighted by Gasteiger charge is 2.37. The van der Waals surface area contributed by atoms with Gasteiger partial charge in [-0.15, -0.1) is 11.3 Å². The summed E-state index contributed by atoms with van der Waals surface area (Å²) in [5.74, 6) is -0.923. The van der Waals surface area contributed by atoms with Gasteiger partial charge in [-0.25, -0.2) is 9.78 Å². The highest BCUT2D eigenvalue weighted by Crippen LogP contribution is 2.48. The van der Waals surface area contributed by atoms with Gasteiger partial charge in [-0.1, -0.05) is 40.7 Å². The first-order valence-electron chi connectivity index (χ1n) is 10.8. The minimum atomic E-state index is -0.923. The predicted molar refractivity (Wildman–Crippen MR) is 129 cm³/mol. The predicted octanol–water partition coefficient (Wildman–Crippen LogP) is 7.16. The van der Waals surface area contributed by atoms with Crippen molar-refractivity contribution < 1.29 is 9.90 Å². The molecule has 1 aliphatic rings. The number of aromatic carboxylic acids is 1. The Bertz CT molecular complexity index is 1130. The summed E-state index contributed by atoms with van der Waals surface area (Å²) in [4.78, 5) is 15.9. The first kappa shape index (κ1) is 21.6. The number of anilines is 2. The number of carbonyl (C=O) groups is 1. The van der Waals surface area contributed by atoms with E-state index in [1.165, 1.54) is 35.1 Å². The summed E-state index contributed by atoms with van der Waals surface area (Å²) < 4.78 is 0. The molecule has 5 heteroatoms. The lowest BCUT2D eigenvalue weighted by Crippen LogP contribution is -2.34. The molecule has 1 heterocycles. The minimum absolute atomic E-state index is 0.162. The van der Waals surface area contributed by atoms with E-state index in [1.54, 1.807) is 35.6 Å². The first-order chi connectivity index (χ1) is 14.6. The molecule has 0 amide bonds. The fourth-order valence-electron chi connectivity index (χ4n) is 4.46. The third-order valence-corrected chi connectivity index (χ3v) is 7.38. The second-order valence-electron chi connectivity index (χ2n) is 9.72. The number of aryl methyl sites for hydroxylation is 1. The van der Waals surface area contributed by atoms with Gasteiger partial charge in [0.1, 0.15) is 0 Å². The highest BCUT2D eigenvalue weighted by molar-refractivity contribution is 7.14. The Hall–Kier alpha value is -2.66. The number of hydrogen-bond acceptors (Lipinski definition) is 4. The molecule has 1 aromatic heterocycles. The number of thiazole rings is 1. The second-order valence-corrected chi connectivity index (χ2v) is 10.6. The van der Waals surface area contributed by atoms with Gasteiger partial charge in [-0.2, -0.15) is 0 Å². The summed E-state index contributed by atoms with van der Waals surface area (Å²) >= 11 is 1.57. The second kappa shape index (κ2) is 7.79. The van der Waals surface area contributed by atoms with Crippen LogP contribution in [-0.2, 0) is 17.3 Å². The van der Waals surface area contributed by atoms with Gasteiger partial charge in [-0.05, 0) is 77.1 Å². The Kier molecular flexibility index (Phi) is 5.42. The van der Waals surface area contributed by atoms with Crippen molar-refractivity contribution in [3.05, 3.63) is 64.0 Å². The summed E-state index contributed by atoms with van der Waals surface area (Å²) in [6.45, 7) is 11.6. The zero-order chi connectivity index (χ0) is 22.4. The molecule has 0 bridgehead atoms. The van der Waals surface area contributed by atoms with E-state index in [-0.39, 0.29) is 16.4 Å². The summed E-state index contributed by atoms with van der Waals surface area (Å²) in [5, 5.41) is 15.3. The van der Waals surface area contributed by atoms with Gasteiger partial charge >= 0.3 is 5.97 Å². The van der Waals surface area contributed by atoms with E-state index >= 15 is 0 Å². The quantitative estimate of drug-likeness (QED) is 0.447. The number of hydrogen-bond donors (Lipinski definition) is 2. The molecule has 0 radical (unpaired) electrons. The van der Waals surface area contributed by atoms with E-state index in [4.69, 9.17) is 10.1 Å². The van der Waals surface area contributed by atoms with Gasteiger partial charge in [-0.3, -0.25) is 0 Å². The number of carboxylic acid groups (broad SMARTS) is 1. The topological polar surface area (TPSA) is 62.2 Å². The van der Waals surface area contributed by atoms with E-state index in [2.05, 4.69) is 57.4 Å². The van der Waals surface area contributed by atoms with Crippen LogP contribution in [-0.4, -0.2) is 16.1 Å². The molecular formula is C26H30N2O2S. The molecule has 162 valence electrons. The van der Waals surface area contributed by atoms with E-state index in [1.807, 2.05) is 0 Å². The van der Waals surface area contributed by atoms with Crippen LogP contribution in [0.4, 0.5) is 10.8 Å². The number of aromatic nitrogens is 1. The Morgan fingerprint density at radius 2 is 1.68 bits per heavy atom. The lowest BCUT2D eigenvalue weighted by atomic mass is 9.62. The van der Waals surface area contributed by atoms with Gasteiger partial charge in [0.25, 0.3) is 0 Å². The fourth-order valence-corrected chi connectivity index (χ4v) is 5.19. The lowest BCUT2D eigenvalue weighted by Gasteiger charge is -2.42. The SMILES string of the molecule is CCc1cc2c(cc1-c1csc(Nc3ccc(C(=O)O)cc3)n1)C(C)(C)CCC2(C)C. The molecule has 4 rings (SSSR count). The van der Waals surface area contributed by atoms with Crippen molar-refractivity contribution in [2.45, 2.75) is 64.7 Å². The van der Waals surface area contributed by atoms with Crippen LogP contribution < -0.4 is 5.32 Å². The zero-order valence-electron chi connectivity index (χ0n) is 18.9. The first-order valence-corrected chi connectivity index (χ1v) is 11.7. The van der Waals surface area contributed by atoms with Gasteiger partial charge in [0.15, 0.2) is 5.13 Å². The molecule has 0 unspecified atom stereocenters. The summed E-state index contributed by atoms with van der Waals surface area (Å²) in [7, 11) is 0. The third kappa shape index (κ3) is 4.11. The Morgan fingerprint density at radius 1 is 1.06 bits per heavy atom. The van der Waals surface area contributed by atoms with Gasteiger partial charge in [0.05, 0.1) is 11.3 Å². The average molecular weight is 435 g/mol. The highest BCUT2D eigenvalue weighted by atomic mass is 32.1. The largest absolute Gasteiger partial charge is 0.478 e. The summed E-state index contributed by atoms with van der Waals surface area (Å²) in [6, 6.07) is 11.5. The standard InChI is InChI=1S/C26H30N2O2S/c1-6-16-13-20-21(26(4,5)12-11-25(20,2)3)14-19(16)22-15-31-24(28-22)27-18-9-7-17(8-10-18)23(29)30/h7-10,13-15H,6,11-12H2,1-5H3,(H,27,28)(H,29,30). The molecule has 0 aliphatic heterocycles. The van der Waals surface area contributed by atoms with Crippen molar-refractivity contribution in [3.8, 4) is 11.3 Å². The van der Waals surface area contributed by atoms with Gasteiger partial charge in [0.2, 0.25) is 0 Å². The molecule has 31 heavy (non-hydrogen) atoms. The molecule has 4 nitrogen and oxygen atoms in total. The van der Waals surface area contributed by atoms with Crippen LogP contribution >= 0.6 is 11.3 Å². The van der Waals surface area contributed by atoms with E-state index in [0.29, 0.717) is 0 Å². The van der Waals surface area contributed by atoms with Crippen LogP contribution in [0.5, 0.6) is 0 Å². The molecule has 2 aromatic carbocycles. The van der Waals surface area contributed by atoms with Crippen molar-refractivity contribution in [2.75, 3.05) is 5.32 Å². The van der Waals surface area contributed by atoms with Crippen LogP contribution in [0.15, 0.2) is 41.8 Å². The number of fused-ring (bicyclic) bond motifs is 1. The molecule has 1 aliphatic carbocycles. The maximum absolute atomic E-state index is 11.0. The van der Waals surface area contributed by atoms with Crippen molar-refractivity contribution in [1.82, 2.24) is 4.98 Å². The number of rotatable bonds is 5. The van der Waals surface area contributed by atoms with Crippen LogP contribution in [0.3, 0.4) is 0 Å². The van der Waals surface area contributed by atoms with Crippen molar-refractivity contribution in [3.63, 3.8) is 0 Å². The van der Waals surface area contributed by atoms with Crippen molar-refractivity contribution in [2.24, 2.45) is 0 Å². The minimum Gasteiger partial charge on any atom is -0.478 e. The molecule has 2 N–H and O–H groups in total.